The molecule has 2 heterocycles. The lowest BCUT2D eigenvalue weighted by Crippen LogP contribution is -2.44. The van der Waals surface area contributed by atoms with Crippen molar-refractivity contribution in [2.45, 2.75) is 12.6 Å². The lowest BCUT2D eigenvalue weighted by Gasteiger charge is -2.29. The lowest BCUT2D eigenvalue weighted by atomic mass is 10.1. The van der Waals surface area contributed by atoms with E-state index in [2.05, 4.69) is 10.3 Å². The van der Waals surface area contributed by atoms with Crippen LogP contribution in [0.15, 0.2) is 102 Å². The number of carbonyl (C=O) groups is 2. The first-order valence-electron chi connectivity index (χ1n) is 9.98. The van der Waals surface area contributed by atoms with Crippen LogP contribution in [0.2, 0.25) is 0 Å². The van der Waals surface area contributed by atoms with E-state index in [-0.39, 0.29) is 23.7 Å². The highest BCUT2D eigenvalue weighted by atomic mass is 19.1. The zero-order valence-electron chi connectivity index (χ0n) is 17.0. The van der Waals surface area contributed by atoms with Crippen LogP contribution in [-0.4, -0.2) is 16.8 Å². The third kappa shape index (κ3) is 4.73. The molecule has 0 fully saturated rings. The van der Waals surface area contributed by atoms with Crippen LogP contribution >= 0.6 is 0 Å². The summed E-state index contributed by atoms with van der Waals surface area (Å²) in [6.07, 6.45) is 2.90. The summed E-state index contributed by atoms with van der Waals surface area (Å²) in [5.41, 5.74) is 1.22. The van der Waals surface area contributed by atoms with Crippen molar-refractivity contribution < 1.29 is 18.4 Å². The zero-order chi connectivity index (χ0) is 22.3. The van der Waals surface area contributed by atoms with Crippen LogP contribution in [-0.2, 0) is 11.3 Å². The van der Waals surface area contributed by atoms with Gasteiger partial charge >= 0.3 is 0 Å². The number of pyridine rings is 1. The predicted molar refractivity (Wildman–Crippen MR) is 117 cm³/mol. The van der Waals surface area contributed by atoms with Crippen LogP contribution in [0.4, 0.5) is 10.1 Å². The molecule has 1 unspecified atom stereocenters. The summed E-state index contributed by atoms with van der Waals surface area (Å²) in [4.78, 5) is 32.2. The SMILES string of the molecule is O=C(NCc1ccccc1)C(c1ccco1)N(C(=O)c1ccccn1)c1cccc(F)c1. The van der Waals surface area contributed by atoms with Crippen LogP contribution in [0.25, 0.3) is 0 Å². The summed E-state index contributed by atoms with van der Waals surface area (Å²) in [6.45, 7) is 0.256. The van der Waals surface area contributed by atoms with E-state index in [1.807, 2.05) is 30.3 Å². The largest absolute Gasteiger partial charge is 0.467 e. The normalized spacial score (nSPS) is 11.5. The molecule has 1 N–H and O–H groups in total. The van der Waals surface area contributed by atoms with Crippen molar-refractivity contribution in [2.24, 2.45) is 0 Å². The number of nitrogens with one attached hydrogen (secondary N) is 1. The van der Waals surface area contributed by atoms with Gasteiger partial charge in [0.15, 0.2) is 6.04 Å². The van der Waals surface area contributed by atoms with E-state index < -0.39 is 23.7 Å². The van der Waals surface area contributed by atoms with Crippen molar-refractivity contribution in [2.75, 3.05) is 4.90 Å². The van der Waals surface area contributed by atoms with E-state index in [0.717, 1.165) is 5.56 Å². The zero-order valence-corrected chi connectivity index (χ0v) is 17.0. The van der Waals surface area contributed by atoms with E-state index in [4.69, 9.17) is 4.42 Å². The number of hydrogen-bond acceptors (Lipinski definition) is 4. The minimum absolute atomic E-state index is 0.115. The fourth-order valence-corrected chi connectivity index (χ4v) is 3.32. The van der Waals surface area contributed by atoms with Gasteiger partial charge in [-0.05, 0) is 48.0 Å². The third-order valence-corrected chi connectivity index (χ3v) is 4.82. The second-order valence-corrected chi connectivity index (χ2v) is 6.99. The summed E-state index contributed by atoms with van der Waals surface area (Å²) in [5, 5.41) is 2.85. The molecular formula is C25H20FN3O3. The Bertz CT molecular complexity index is 1180. The van der Waals surface area contributed by atoms with Crippen LogP contribution in [0, 0.1) is 5.82 Å². The Kier molecular flexibility index (Phi) is 6.36. The molecule has 0 aliphatic heterocycles. The van der Waals surface area contributed by atoms with Crippen LogP contribution in [0.3, 0.4) is 0 Å². The van der Waals surface area contributed by atoms with Crippen molar-refractivity contribution in [1.29, 1.82) is 0 Å². The Morgan fingerprint density at radius 1 is 0.969 bits per heavy atom. The Balaban J connectivity index is 1.74. The number of benzene rings is 2. The summed E-state index contributed by atoms with van der Waals surface area (Å²) in [7, 11) is 0. The molecule has 0 saturated heterocycles. The van der Waals surface area contributed by atoms with Gasteiger partial charge in [-0.25, -0.2) is 4.39 Å². The molecule has 0 spiro atoms. The van der Waals surface area contributed by atoms with Gasteiger partial charge in [0.05, 0.1) is 6.26 Å². The second-order valence-electron chi connectivity index (χ2n) is 6.99. The highest BCUT2D eigenvalue weighted by molar-refractivity contribution is 6.08. The van der Waals surface area contributed by atoms with Gasteiger partial charge in [-0.3, -0.25) is 19.5 Å². The summed E-state index contributed by atoms with van der Waals surface area (Å²) >= 11 is 0. The number of rotatable bonds is 7. The number of nitrogens with zero attached hydrogens (tertiary/aromatic N) is 2. The monoisotopic (exact) mass is 429 g/mol. The molecule has 0 aliphatic carbocycles. The first-order valence-corrected chi connectivity index (χ1v) is 9.98. The average Bonchev–Trinajstić information content (AvgIpc) is 3.36. The first kappa shape index (κ1) is 21.0. The Morgan fingerprint density at radius 3 is 2.47 bits per heavy atom. The van der Waals surface area contributed by atoms with E-state index in [1.165, 1.54) is 41.6 Å². The molecule has 6 nitrogen and oxygen atoms in total. The fraction of sp³-hybridized carbons (Fsp3) is 0.0800. The van der Waals surface area contributed by atoms with E-state index in [9.17, 15) is 14.0 Å². The van der Waals surface area contributed by atoms with E-state index in [0.29, 0.717) is 0 Å². The van der Waals surface area contributed by atoms with Crippen molar-refractivity contribution in [3.05, 3.63) is 120 Å². The van der Waals surface area contributed by atoms with Gasteiger partial charge in [0.1, 0.15) is 17.3 Å². The number of furan rings is 1. The van der Waals surface area contributed by atoms with Crippen LogP contribution in [0.1, 0.15) is 27.9 Å². The van der Waals surface area contributed by atoms with Gasteiger partial charge in [0.25, 0.3) is 11.8 Å². The summed E-state index contributed by atoms with van der Waals surface area (Å²) in [5.74, 6) is -1.34. The predicted octanol–water partition coefficient (Wildman–Crippen LogP) is 4.52. The van der Waals surface area contributed by atoms with Gasteiger partial charge in [-0.2, -0.15) is 0 Å². The van der Waals surface area contributed by atoms with Gasteiger partial charge in [-0.1, -0.05) is 42.5 Å². The maximum absolute atomic E-state index is 14.1. The molecule has 0 bridgehead atoms. The highest BCUT2D eigenvalue weighted by Crippen LogP contribution is 2.30. The summed E-state index contributed by atoms with van der Waals surface area (Å²) < 4.78 is 19.6. The molecule has 7 heteroatoms. The first-order chi connectivity index (χ1) is 15.6. The standard InChI is InChI=1S/C25H20FN3O3/c26-19-10-6-11-20(16-19)29(25(31)21-12-4-5-14-27-21)23(22-13-7-15-32-22)24(30)28-17-18-8-2-1-3-9-18/h1-16,23H,17H2,(H,28,30). The van der Waals surface area contributed by atoms with Gasteiger partial charge in [0, 0.05) is 18.4 Å². The molecule has 4 rings (SSSR count). The quantitative estimate of drug-likeness (QED) is 0.469. The van der Waals surface area contributed by atoms with Crippen LogP contribution in [0.5, 0.6) is 0 Å². The number of carbonyl (C=O) groups excluding carboxylic acids is 2. The Labute approximate surface area is 184 Å². The Morgan fingerprint density at radius 2 is 1.78 bits per heavy atom. The van der Waals surface area contributed by atoms with Gasteiger partial charge in [-0.15, -0.1) is 0 Å². The van der Waals surface area contributed by atoms with Crippen molar-refractivity contribution in [3.8, 4) is 0 Å². The molecular weight excluding hydrogens is 409 g/mol. The third-order valence-electron chi connectivity index (χ3n) is 4.82. The molecule has 0 saturated carbocycles. The minimum atomic E-state index is -1.18. The molecule has 0 aliphatic rings. The topological polar surface area (TPSA) is 75.4 Å². The van der Waals surface area contributed by atoms with Gasteiger partial charge in [0.2, 0.25) is 0 Å². The van der Waals surface area contributed by atoms with Crippen molar-refractivity contribution in [3.63, 3.8) is 0 Å². The highest BCUT2D eigenvalue weighted by Gasteiger charge is 2.36. The van der Waals surface area contributed by atoms with Crippen LogP contribution < -0.4 is 10.2 Å². The number of amides is 2. The number of anilines is 1. The molecule has 1 atom stereocenters. The molecule has 160 valence electrons. The lowest BCUT2D eigenvalue weighted by molar-refractivity contribution is -0.123. The maximum Gasteiger partial charge on any atom is 0.277 e. The number of aromatic nitrogens is 1. The van der Waals surface area contributed by atoms with E-state index in [1.54, 1.807) is 30.3 Å². The maximum atomic E-state index is 14.1. The molecule has 2 amide bonds. The molecule has 2 aromatic heterocycles. The van der Waals surface area contributed by atoms with Crippen molar-refractivity contribution in [1.82, 2.24) is 10.3 Å². The van der Waals surface area contributed by atoms with Crippen molar-refractivity contribution >= 4 is 17.5 Å². The summed E-state index contributed by atoms with van der Waals surface area (Å²) in [6, 6.07) is 21.8. The smallest absolute Gasteiger partial charge is 0.277 e. The number of hydrogen-bond donors (Lipinski definition) is 1. The molecule has 0 radical (unpaired) electrons. The minimum Gasteiger partial charge on any atom is -0.467 e. The molecule has 32 heavy (non-hydrogen) atoms. The van der Waals surface area contributed by atoms with Gasteiger partial charge < -0.3 is 9.73 Å². The average molecular weight is 429 g/mol. The number of halogens is 1. The second kappa shape index (κ2) is 9.70. The molecule has 4 aromatic rings. The Hall–Kier alpha value is -4.26. The van der Waals surface area contributed by atoms with E-state index >= 15 is 0 Å². The molecule has 2 aromatic carbocycles. The fourth-order valence-electron chi connectivity index (χ4n) is 3.32.